The zero-order chi connectivity index (χ0) is 9.56. The molecule has 0 aliphatic rings. The van der Waals surface area contributed by atoms with Crippen molar-refractivity contribution in [1.82, 2.24) is 4.90 Å². The Morgan fingerprint density at radius 1 is 1.62 bits per heavy atom. The summed E-state index contributed by atoms with van der Waals surface area (Å²) in [6, 6.07) is 0. The van der Waals surface area contributed by atoms with E-state index in [1.807, 2.05) is 6.92 Å². The SMILES string of the molecule is [CH2-]/C=C\C(C)=[C-]C(=O)N([CH2-])CC.[Y+3]. The normalized spacial score (nSPS) is 11.2. The van der Waals surface area contributed by atoms with Crippen LogP contribution < -0.4 is 0 Å². The molecule has 3 heteroatoms. The van der Waals surface area contributed by atoms with Gasteiger partial charge in [0.1, 0.15) is 5.91 Å². The monoisotopic (exact) mass is 253 g/mol. The van der Waals surface area contributed by atoms with Crippen molar-refractivity contribution in [3.63, 3.8) is 0 Å². The molecule has 0 aromatic rings. The molecule has 0 bridgehead atoms. The van der Waals surface area contributed by atoms with Gasteiger partial charge in [-0.25, -0.2) is 24.6 Å². The molecule has 0 spiro atoms. The molecular formula is C10H14NOY. The summed E-state index contributed by atoms with van der Waals surface area (Å²) in [4.78, 5) is 12.5. The Balaban J connectivity index is 0. The van der Waals surface area contributed by atoms with E-state index in [-0.39, 0.29) is 38.6 Å². The van der Waals surface area contributed by atoms with Crippen molar-refractivity contribution in [2.24, 2.45) is 0 Å². The van der Waals surface area contributed by atoms with E-state index in [0.29, 0.717) is 6.54 Å². The Hall–Kier alpha value is -0.0761. The summed E-state index contributed by atoms with van der Waals surface area (Å²) in [6.07, 6.45) is 5.99. The summed E-state index contributed by atoms with van der Waals surface area (Å²) in [5.74, 6) is -0.201. The second-order valence-corrected chi connectivity index (χ2v) is 2.37. The molecule has 0 saturated carbocycles. The van der Waals surface area contributed by atoms with Crippen LogP contribution in [0.2, 0.25) is 0 Å². The molecule has 0 N–H and O–H groups in total. The third-order valence-electron chi connectivity index (χ3n) is 1.34. The van der Waals surface area contributed by atoms with Gasteiger partial charge < -0.3 is 4.90 Å². The first-order valence-corrected chi connectivity index (χ1v) is 3.80. The number of hydrogen-bond donors (Lipinski definition) is 0. The molecule has 0 unspecified atom stereocenters. The molecule has 0 saturated heterocycles. The van der Waals surface area contributed by atoms with Gasteiger partial charge >= 0.3 is 32.7 Å². The molecule has 1 amide bonds. The van der Waals surface area contributed by atoms with E-state index in [1.54, 1.807) is 19.1 Å². The number of carbonyl (C=O) groups excluding carboxylic acids is 1. The maximum atomic E-state index is 11.1. The third-order valence-corrected chi connectivity index (χ3v) is 1.34. The van der Waals surface area contributed by atoms with Crippen LogP contribution in [0, 0.1) is 20.0 Å². The molecule has 0 atom stereocenters. The fourth-order valence-corrected chi connectivity index (χ4v) is 0.610. The fraction of sp³-hybridized carbons (Fsp3) is 0.300. The fourth-order valence-electron chi connectivity index (χ4n) is 0.610. The second-order valence-electron chi connectivity index (χ2n) is 2.37. The standard InChI is InChI=1S/C10H14NO.Y/c1-5-7-9(3)8-10(12)11(4)6-2;/h5,7H,1,4,6H2,2-3H3;/q-3;+3/b7-5-;. The number of amides is 1. The first-order valence-electron chi connectivity index (χ1n) is 3.80. The molecule has 0 heterocycles. The van der Waals surface area contributed by atoms with Crippen LogP contribution in [0.15, 0.2) is 17.7 Å². The molecule has 0 rings (SSSR count). The van der Waals surface area contributed by atoms with Crippen molar-refractivity contribution < 1.29 is 37.5 Å². The maximum absolute atomic E-state index is 11.1. The number of rotatable bonds is 3. The van der Waals surface area contributed by atoms with Gasteiger partial charge in [-0.2, -0.15) is 6.08 Å². The summed E-state index contributed by atoms with van der Waals surface area (Å²) in [7, 11) is 3.54. The number of likely N-dealkylation sites (N-methyl/N-ethyl adjacent to an activating group) is 1. The average Bonchev–Trinajstić information content (AvgIpc) is 2.03. The Kier molecular flexibility index (Phi) is 10.1. The van der Waals surface area contributed by atoms with Crippen molar-refractivity contribution in [1.29, 1.82) is 0 Å². The first-order chi connectivity index (χ1) is 5.61. The van der Waals surface area contributed by atoms with Gasteiger partial charge in [-0.1, -0.05) is 13.8 Å². The minimum Gasteiger partial charge on any atom is -0.508 e. The van der Waals surface area contributed by atoms with Gasteiger partial charge in [0.05, 0.1) is 0 Å². The van der Waals surface area contributed by atoms with Crippen LogP contribution in [-0.4, -0.2) is 17.4 Å². The Bertz CT molecular complexity index is 209. The van der Waals surface area contributed by atoms with E-state index in [2.05, 4.69) is 20.0 Å². The van der Waals surface area contributed by atoms with Crippen LogP contribution in [0.25, 0.3) is 0 Å². The van der Waals surface area contributed by atoms with Crippen LogP contribution in [0.1, 0.15) is 13.8 Å². The van der Waals surface area contributed by atoms with Crippen LogP contribution in [0.5, 0.6) is 0 Å². The van der Waals surface area contributed by atoms with E-state index in [4.69, 9.17) is 0 Å². The van der Waals surface area contributed by atoms with Gasteiger partial charge in [0.2, 0.25) is 0 Å². The van der Waals surface area contributed by atoms with Crippen molar-refractivity contribution in [3.8, 4) is 0 Å². The molecule has 0 radical (unpaired) electrons. The molecule has 0 aliphatic carbocycles. The zero-order valence-corrected chi connectivity index (χ0v) is 11.0. The van der Waals surface area contributed by atoms with E-state index >= 15 is 0 Å². The van der Waals surface area contributed by atoms with E-state index in [0.717, 1.165) is 5.57 Å². The van der Waals surface area contributed by atoms with Crippen LogP contribution >= 0.6 is 0 Å². The summed E-state index contributed by atoms with van der Waals surface area (Å²) in [5, 5.41) is 0. The quantitative estimate of drug-likeness (QED) is 0.426. The van der Waals surface area contributed by atoms with Crippen molar-refractivity contribution >= 4 is 5.91 Å². The topological polar surface area (TPSA) is 20.3 Å². The Morgan fingerprint density at radius 2 is 2.15 bits per heavy atom. The number of allylic oxidation sites excluding steroid dienone is 3. The van der Waals surface area contributed by atoms with E-state index in [9.17, 15) is 4.79 Å². The zero-order valence-electron chi connectivity index (χ0n) is 8.21. The Labute approximate surface area is 106 Å². The summed E-state index contributed by atoms with van der Waals surface area (Å²) in [5.41, 5.74) is 0.761. The molecule has 68 valence electrons. The summed E-state index contributed by atoms with van der Waals surface area (Å²) in [6.45, 7) is 7.76. The Morgan fingerprint density at radius 3 is 2.54 bits per heavy atom. The van der Waals surface area contributed by atoms with Crippen LogP contribution in [0.3, 0.4) is 0 Å². The predicted octanol–water partition coefficient (Wildman–Crippen LogP) is 1.76. The van der Waals surface area contributed by atoms with Crippen LogP contribution in [-0.2, 0) is 37.5 Å². The van der Waals surface area contributed by atoms with Crippen molar-refractivity contribution in [3.05, 3.63) is 37.8 Å². The molecule has 0 fully saturated rings. The average molecular weight is 253 g/mol. The van der Waals surface area contributed by atoms with Crippen molar-refractivity contribution in [2.45, 2.75) is 13.8 Å². The minimum absolute atomic E-state index is 0. The number of carbonyl (C=O) groups is 1. The van der Waals surface area contributed by atoms with Gasteiger partial charge in [0.25, 0.3) is 0 Å². The molecule has 13 heavy (non-hydrogen) atoms. The first kappa shape index (κ1) is 15.4. The molecular weight excluding hydrogens is 239 g/mol. The number of hydrogen-bond acceptors (Lipinski definition) is 1. The second kappa shape index (κ2) is 8.52. The van der Waals surface area contributed by atoms with Gasteiger partial charge in [0, 0.05) is 0 Å². The summed E-state index contributed by atoms with van der Waals surface area (Å²) < 4.78 is 0. The largest absolute Gasteiger partial charge is 3.00 e. The maximum Gasteiger partial charge on any atom is 3.00 e. The molecule has 2 nitrogen and oxygen atoms in total. The molecule has 0 aromatic carbocycles. The molecule has 0 aliphatic heterocycles. The molecule has 0 aromatic heterocycles. The van der Waals surface area contributed by atoms with Crippen molar-refractivity contribution in [2.75, 3.05) is 6.54 Å². The van der Waals surface area contributed by atoms with Gasteiger partial charge in [-0.15, -0.1) is 0 Å². The predicted molar refractivity (Wildman–Crippen MR) is 49.7 cm³/mol. The van der Waals surface area contributed by atoms with Gasteiger partial charge in [-0.3, -0.25) is 11.8 Å². The summed E-state index contributed by atoms with van der Waals surface area (Å²) >= 11 is 0. The van der Waals surface area contributed by atoms with E-state index in [1.165, 1.54) is 4.90 Å². The van der Waals surface area contributed by atoms with E-state index < -0.39 is 0 Å². The van der Waals surface area contributed by atoms with Gasteiger partial charge in [0.15, 0.2) is 0 Å². The smallest absolute Gasteiger partial charge is 0.508 e. The van der Waals surface area contributed by atoms with Crippen LogP contribution in [0.4, 0.5) is 0 Å². The minimum atomic E-state index is -0.201. The third kappa shape index (κ3) is 7.03. The number of nitrogens with zero attached hydrogens (tertiary/aromatic N) is 1. The van der Waals surface area contributed by atoms with Gasteiger partial charge in [-0.05, 0) is 6.54 Å².